The summed E-state index contributed by atoms with van der Waals surface area (Å²) in [6.45, 7) is 1.84. The molecule has 0 bridgehead atoms. The minimum atomic E-state index is -4.52. The number of aliphatic hydroxyl groups excluding tert-OH is 1. The fourth-order valence-electron chi connectivity index (χ4n) is 0.844. The van der Waals surface area contributed by atoms with Crippen LogP contribution in [-0.2, 0) is 5.75 Å². The second-order valence-electron chi connectivity index (χ2n) is 2.93. The van der Waals surface area contributed by atoms with E-state index in [0.717, 1.165) is 22.5 Å². The number of aryl methyl sites for hydroxylation is 1. The summed E-state index contributed by atoms with van der Waals surface area (Å²) in [5.74, 6) is 0.0531. The number of aliphatic hydroxyl groups is 1. The summed E-state index contributed by atoms with van der Waals surface area (Å²) in [5, 5.41) is 11.4. The number of aromatic nitrogens is 1. The van der Waals surface area contributed by atoms with E-state index < -0.39 is 12.3 Å². The number of hydrogen-bond acceptors (Lipinski definition) is 4. The first-order chi connectivity index (χ1) is 6.89. The van der Waals surface area contributed by atoms with Crippen LogP contribution in [0.2, 0.25) is 0 Å². The monoisotopic (exact) mass is 257 g/mol. The Hall–Kier alpha value is -0.270. The first kappa shape index (κ1) is 12.8. The van der Waals surface area contributed by atoms with Crippen LogP contribution in [0.25, 0.3) is 0 Å². The summed E-state index contributed by atoms with van der Waals surface area (Å²) in [6.07, 6.45) is -6.77. The van der Waals surface area contributed by atoms with Crippen molar-refractivity contribution in [1.29, 1.82) is 0 Å². The third kappa shape index (κ3) is 4.40. The van der Waals surface area contributed by atoms with Gasteiger partial charge in [0, 0.05) is 16.9 Å². The molecule has 0 saturated heterocycles. The molecule has 2 nitrogen and oxygen atoms in total. The molecule has 86 valence electrons. The van der Waals surface area contributed by atoms with E-state index in [-0.39, 0.29) is 5.75 Å². The Bertz CT molecular complexity index is 313. The number of nitrogens with zero attached hydrogens (tertiary/aromatic N) is 1. The third-order valence-corrected chi connectivity index (χ3v) is 3.44. The van der Waals surface area contributed by atoms with E-state index in [2.05, 4.69) is 4.98 Å². The average Bonchev–Trinajstić information content (AvgIpc) is 2.49. The van der Waals surface area contributed by atoms with Crippen LogP contribution in [0.3, 0.4) is 0 Å². The van der Waals surface area contributed by atoms with Crippen LogP contribution in [0.5, 0.6) is 0 Å². The van der Waals surface area contributed by atoms with Crippen molar-refractivity contribution in [3.63, 3.8) is 0 Å². The zero-order valence-electron chi connectivity index (χ0n) is 7.91. The van der Waals surface area contributed by atoms with Gasteiger partial charge in [-0.2, -0.15) is 24.9 Å². The van der Waals surface area contributed by atoms with Crippen LogP contribution in [-0.4, -0.2) is 28.1 Å². The quantitative estimate of drug-likeness (QED) is 0.900. The van der Waals surface area contributed by atoms with Gasteiger partial charge in [-0.15, -0.1) is 11.3 Å². The summed E-state index contributed by atoms with van der Waals surface area (Å²) in [6, 6.07) is 0. The highest BCUT2D eigenvalue weighted by Gasteiger charge is 2.37. The first-order valence-electron chi connectivity index (χ1n) is 4.13. The largest absolute Gasteiger partial charge is 0.415 e. The Kier molecular flexibility index (Phi) is 4.42. The number of hydrogen-bond donors (Lipinski definition) is 1. The predicted octanol–water partition coefficient (Wildman–Crippen LogP) is 2.61. The molecule has 0 saturated carbocycles. The minimum Gasteiger partial charge on any atom is -0.383 e. The minimum absolute atomic E-state index is 0.347. The van der Waals surface area contributed by atoms with Gasteiger partial charge >= 0.3 is 6.18 Å². The molecule has 0 radical (unpaired) electrons. The summed E-state index contributed by atoms with van der Waals surface area (Å²) in [4.78, 5) is 4.10. The van der Waals surface area contributed by atoms with E-state index in [4.69, 9.17) is 5.11 Å². The molecule has 1 rings (SSSR count). The van der Waals surface area contributed by atoms with Crippen molar-refractivity contribution in [2.24, 2.45) is 0 Å². The van der Waals surface area contributed by atoms with Crippen LogP contribution >= 0.6 is 23.1 Å². The highest BCUT2D eigenvalue weighted by Crippen LogP contribution is 2.24. The molecule has 1 N–H and O–H groups in total. The molecule has 0 aliphatic carbocycles. The second kappa shape index (κ2) is 5.18. The molecule has 0 fully saturated rings. The number of thiazole rings is 1. The Morgan fingerprint density at radius 3 is 2.73 bits per heavy atom. The lowest BCUT2D eigenvalue weighted by Crippen LogP contribution is -2.30. The SMILES string of the molecule is Cc1nc(CSCC(O)C(F)(F)F)cs1. The summed E-state index contributed by atoms with van der Waals surface area (Å²) in [7, 11) is 0. The van der Waals surface area contributed by atoms with Gasteiger partial charge in [-0.05, 0) is 6.92 Å². The number of rotatable bonds is 4. The average molecular weight is 257 g/mol. The van der Waals surface area contributed by atoms with Crippen LogP contribution < -0.4 is 0 Å². The summed E-state index contributed by atoms with van der Waals surface area (Å²) < 4.78 is 35.7. The Balaban J connectivity index is 2.28. The van der Waals surface area contributed by atoms with Gasteiger partial charge < -0.3 is 5.11 Å². The molecule has 0 aromatic carbocycles. The first-order valence-corrected chi connectivity index (χ1v) is 6.16. The maximum Gasteiger partial charge on any atom is 0.415 e. The molecule has 7 heteroatoms. The van der Waals surface area contributed by atoms with Crippen LogP contribution in [0.4, 0.5) is 13.2 Å². The van der Waals surface area contributed by atoms with Crippen molar-refractivity contribution in [2.75, 3.05) is 5.75 Å². The molecule has 0 aliphatic heterocycles. The molecule has 0 aliphatic rings. The van der Waals surface area contributed by atoms with E-state index >= 15 is 0 Å². The van der Waals surface area contributed by atoms with Crippen molar-refractivity contribution in [2.45, 2.75) is 25.0 Å². The lowest BCUT2D eigenvalue weighted by Gasteiger charge is -2.13. The molecular formula is C8H10F3NOS2. The molecule has 1 atom stereocenters. The standard InChI is InChI=1S/C8H10F3NOS2/c1-5-12-6(3-15-5)2-14-4-7(13)8(9,10)11/h3,7,13H,2,4H2,1H3. The van der Waals surface area contributed by atoms with E-state index in [0.29, 0.717) is 5.75 Å². The Morgan fingerprint density at radius 2 is 2.27 bits per heavy atom. The van der Waals surface area contributed by atoms with Gasteiger partial charge in [-0.3, -0.25) is 0 Å². The fraction of sp³-hybridized carbons (Fsp3) is 0.625. The predicted molar refractivity (Wildman–Crippen MR) is 55.1 cm³/mol. The molecule has 0 spiro atoms. The summed E-state index contributed by atoms with van der Waals surface area (Å²) in [5.41, 5.74) is 0.761. The number of halogens is 3. The van der Waals surface area contributed by atoms with Gasteiger partial charge in [0.05, 0.1) is 10.7 Å². The van der Waals surface area contributed by atoms with Gasteiger partial charge in [-0.1, -0.05) is 0 Å². The Morgan fingerprint density at radius 1 is 1.60 bits per heavy atom. The molecule has 1 aromatic heterocycles. The van der Waals surface area contributed by atoms with Crippen molar-refractivity contribution in [3.05, 3.63) is 16.1 Å². The van der Waals surface area contributed by atoms with E-state index in [1.807, 2.05) is 12.3 Å². The van der Waals surface area contributed by atoms with Gasteiger partial charge in [0.25, 0.3) is 0 Å². The summed E-state index contributed by atoms with van der Waals surface area (Å²) >= 11 is 2.49. The lowest BCUT2D eigenvalue weighted by atomic mass is 10.4. The third-order valence-electron chi connectivity index (χ3n) is 1.57. The van der Waals surface area contributed by atoms with Gasteiger partial charge in [-0.25, -0.2) is 4.98 Å². The van der Waals surface area contributed by atoms with Crippen molar-refractivity contribution in [1.82, 2.24) is 4.98 Å². The van der Waals surface area contributed by atoms with E-state index in [1.165, 1.54) is 11.3 Å². The van der Waals surface area contributed by atoms with E-state index in [9.17, 15) is 13.2 Å². The highest BCUT2D eigenvalue weighted by atomic mass is 32.2. The number of alkyl halides is 3. The lowest BCUT2D eigenvalue weighted by molar-refractivity contribution is -0.195. The molecular weight excluding hydrogens is 247 g/mol. The normalized spacial score (nSPS) is 14.2. The molecule has 1 heterocycles. The molecule has 1 aromatic rings. The van der Waals surface area contributed by atoms with Gasteiger partial charge in [0.15, 0.2) is 6.10 Å². The van der Waals surface area contributed by atoms with Gasteiger partial charge in [0.2, 0.25) is 0 Å². The maximum atomic E-state index is 11.9. The topological polar surface area (TPSA) is 33.1 Å². The zero-order chi connectivity index (χ0) is 11.5. The molecule has 1 unspecified atom stereocenters. The van der Waals surface area contributed by atoms with Crippen LogP contribution in [0.15, 0.2) is 5.38 Å². The Labute approximate surface area is 93.5 Å². The smallest absolute Gasteiger partial charge is 0.383 e. The molecule has 15 heavy (non-hydrogen) atoms. The number of thioether (sulfide) groups is 1. The fourth-order valence-corrected chi connectivity index (χ4v) is 2.45. The maximum absolute atomic E-state index is 11.9. The second-order valence-corrected chi connectivity index (χ2v) is 5.02. The molecule has 0 amide bonds. The van der Waals surface area contributed by atoms with Crippen LogP contribution in [0, 0.1) is 6.92 Å². The van der Waals surface area contributed by atoms with E-state index in [1.54, 1.807) is 0 Å². The zero-order valence-corrected chi connectivity index (χ0v) is 9.55. The van der Waals surface area contributed by atoms with Gasteiger partial charge in [0.1, 0.15) is 0 Å². The van der Waals surface area contributed by atoms with Crippen molar-refractivity contribution < 1.29 is 18.3 Å². The van der Waals surface area contributed by atoms with Crippen LogP contribution in [0.1, 0.15) is 10.7 Å². The highest BCUT2D eigenvalue weighted by molar-refractivity contribution is 7.98. The van der Waals surface area contributed by atoms with Crippen molar-refractivity contribution in [3.8, 4) is 0 Å². The van der Waals surface area contributed by atoms with Crippen molar-refractivity contribution >= 4 is 23.1 Å².